The second-order valence-corrected chi connectivity index (χ2v) is 5.39. The van der Waals surface area contributed by atoms with Crippen molar-refractivity contribution in [3.05, 3.63) is 23.8 Å². The van der Waals surface area contributed by atoms with Crippen molar-refractivity contribution in [1.29, 1.82) is 0 Å². The van der Waals surface area contributed by atoms with Crippen LogP contribution in [0.15, 0.2) is 18.2 Å². The van der Waals surface area contributed by atoms with Crippen LogP contribution in [0.5, 0.6) is 5.75 Å². The molecular weight excluding hydrogens is 268 g/mol. The summed E-state index contributed by atoms with van der Waals surface area (Å²) in [5.74, 6) is 0.702. The van der Waals surface area contributed by atoms with Crippen LogP contribution in [0.25, 0.3) is 0 Å². The summed E-state index contributed by atoms with van der Waals surface area (Å²) in [6.45, 7) is 2.96. The quantitative estimate of drug-likeness (QED) is 0.831. The number of likely N-dealkylation sites (N-methyl/N-ethyl adjacent to an activating group) is 2. The average Bonchev–Trinajstić information content (AvgIpc) is 2.49. The van der Waals surface area contributed by atoms with Crippen molar-refractivity contribution < 1.29 is 14.3 Å². The van der Waals surface area contributed by atoms with Crippen molar-refractivity contribution in [1.82, 2.24) is 4.90 Å². The summed E-state index contributed by atoms with van der Waals surface area (Å²) in [5, 5.41) is 0. The number of carbonyl (C=O) groups excluding carboxylic acids is 2. The number of unbranched alkanes of at least 4 members (excludes halogenated alkanes) is 1. The second-order valence-electron chi connectivity index (χ2n) is 5.39. The lowest BCUT2D eigenvalue weighted by atomic mass is 10.1. The molecule has 0 bridgehead atoms. The number of nitrogens with zero attached hydrogens (tertiary/aromatic N) is 2. The highest BCUT2D eigenvalue weighted by atomic mass is 16.5. The molecule has 0 atom stereocenters. The summed E-state index contributed by atoms with van der Waals surface area (Å²) in [7, 11) is 3.55. The van der Waals surface area contributed by atoms with Gasteiger partial charge in [0.2, 0.25) is 5.91 Å². The summed E-state index contributed by atoms with van der Waals surface area (Å²) in [6.07, 6.45) is 2.42. The number of amides is 2. The van der Waals surface area contributed by atoms with Crippen molar-refractivity contribution in [2.24, 2.45) is 0 Å². The Kier molecular flexibility index (Phi) is 4.83. The number of carbonyl (C=O) groups is 2. The Bertz CT molecular complexity index is 542. The highest BCUT2D eigenvalue weighted by Crippen LogP contribution is 2.32. The molecule has 0 spiro atoms. The molecule has 0 N–H and O–H groups in total. The number of fused-ring (bicyclic) bond motifs is 1. The molecule has 0 unspecified atom stereocenters. The van der Waals surface area contributed by atoms with Crippen LogP contribution in [-0.4, -0.2) is 44.0 Å². The minimum Gasteiger partial charge on any atom is -0.482 e. The maximum absolute atomic E-state index is 12.1. The third kappa shape index (κ3) is 3.54. The minimum atomic E-state index is -0.0777. The maximum atomic E-state index is 12.1. The van der Waals surface area contributed by atoms with E-state index in [-0.39, 0.29) is 18.4 Å². The predicted molar refractivity (Wildman–Crippen MR) is 81.6 cm³/mol. The Morgan fingerprint density at radius 3 is 2.90 bits per heavy atom. The molecular formula is C16H22N2O3. The van der Waals surface area contributed by atoms with Gasteiger partial charge < -0.3 is 14.5 Å². The van der Waals surface area contributed by atoms with E-state index in [2.05, 4.69) is 6.92 Å². The highest BCUT2D eigenvalue weighted by molar-refractivity contribution is 5.97. The smallest absolute Gasteiger partial charge is 0.264 e. The first-order valence-electron chi connectivity index (χ1n) is 7.29. The average molecular weight is 290 g/mol. The zero-order valence-electron chi connectivity index (χ0n) is 12.9. The summed E-state index contributed by atoms with van der Waals surface area (Å²) >= 11 is 0. The van der Waals surface area contributed by atoms with Gasteiger partial charge in [0, 0.05) is 20.6 Å². The maximum Gasteiger partial charge on any atom is 0.264 e. The van der Waals surface area contributed by atoms with Gasteiger partial charge in [0.05, 0.1) is 12.1 Å². The van der Waals surface area contributed by atoms with Crippen molar-refractivity contribution in [2.75, 3.05) is 32.1 Å². The Morgan fingerprint density at radius 1 is 1.43 bits per heavy atom. The van der Waals surface area contributed by atoms with Crippen LogP contribution in [0.3, 0.4) is 0 Å². The van der Waals surface area contributed by atoms with E-state index in [4.69, 9.17) is 4.74 Å². The lowest BCUT2D eigenvalue weighted by Gasteiger charge is -2.26. The zero-order chi connectivity index (χ0) is 15.4. The van der Waals surface area contributed by atoms with E-state index in [9.17, 15) is 9.59 Å². The third-order valence-electron chi connectivity index (χ3n) is 3.74. The van der Waals surface area contributed by atoms with Gasteiger partial charge in [-0.05, 0) is 24.1 Å². The molecule has 0 fully saturated rings. The molecule has 2 rings (SSSR count). The van der Waals surface area contributed by atoms with E-state index >= 15 is 0 Å². The Hall–Kier alpha value is -2.04. The number of hydrogen-bond acceptors (Lipinski definition) is 3. The molecule has 5 nitrogen and oxygen atoms in total. The van der Waals surface area contributed by atoms with Crippen molar-refractivity contribution >= 4 is 17.5 Å². The number of anilines is 1. The van der Waals surface area contributed by atoms with E-state index in [0.717, 1.165) is 30.6 Å². The normalized spacial score (nSPS) is 13.7. The molecule has 0 aromatic heterocycles. The van der Waals surface area contributed by atoms with Crippen LogP contribution < -0.4 is 9.64 Å². The fourth-order valence-electron chi connectivity index (χ4n) is 2.26. The summed E-state index contributed by atoms with van der Waals surface area (Å²) in [4.78, 5) is 27.1. The Labute approximate surface area is 125 Å². The summed E-state index contributed by atoms with van der Waals surface area (Å²) in [6, 6.07) is 5.57. The van der Waals surface area contributed by atoms with Gasteiger partial charge in [0.1, 0.15) is 5.75 Å². The molecule has 0 aliphatic carbocycles. The molecule has 1 aliphatic rings. The SMILES string of the molecule is CCCCN(C)C(=O)Cc1ccc2c(c1)N(C)C(=O)CO2. The van der Waals surface area contributed by atoms with Crippen molar-refractivity contribution in [2.45, 2.75) is 26.2 Å². The van der Waals surface area contributed by atoms with E-state index in [0.29, 0.717) is 12.2 Å². The van der Waals surface area contributed by atoms with E-state index in [1.165, 1.54) is 0 Å². The Morgan fingerprint density at radius 2 is 2.19 bits per heavy atom. The predicted octanol–water partition coefficient (Wildman–Crippen LogP) is 1.84. The van der Waals surface area contributed by atoms with Crippen LogP contribution in [-0.2, 0) is 16.0 Å². The van der Waals surface area contributed by atoms with Crippen LogP contribution in [0.1, 0.15) is 25.3 Å². The van der Waals surface area contributed by atoms with Gasteiger partial charge in [-0.25, -0.2) is 0 Å². The molecule has 114 valence electrons. The van der Waals surface area contributed by atoms with Crippen LogP contribution in [0, 0.1) is 0 Å². The third-order valence-corrected chi connectivity index (χ3v) is 3.74. The largest absolute Gasteiger partial charge is 0.482 e. The first-order chi connectivity index (χ1) is 10.0. The minimum absolute atomic E-state index is 0.0710. The van der Waals surface area contributed by atoms with Crippen molar-refractivity contribution in [3.63, 3.8) is 0 Å². The zero-order valence-corrected chi connectivity index (χ0v) is 12.9. The van der Waals surface area contributed by atoms with Gasteiger partial charge in [-0.3, -0.25) is 9.59 Å². The molecule has 1 aliphatic heterocycles. The van der Waals surface area contributed by atoms with E-state index in [1.807, 2.05) is 25.2 Å². The van der Waals surface area contributed by atoms with Crippen LogP contribution in [0.2, 0.25) is 0 Å². The first kappa shape index (κ1) is 15.4. The van der Waals surface area contributed by atoms with Gasteiger partial charge in [-0.15, -0.1) is 0 Å². The topological polar surface area (TPSA) is 49.9 Å². The standard InChI is InChI=1S/C16H22N2O3/c1-4-5-8-17(2)15(19)10-12-6-7-14-13(9-12)18(3)16(20)11-21-14/h6-7,9H,4-5,8,10-11H2,1-3H3. The van der Waals surface area contributed by atoms with Gasteiger partial charge in [0.15, 0.2) is 6.61 Å². The molecule has 2 amide bonds. The second kappa shape index (κ2) is 6.61. The van der Waals surface area contributed by atoms with Crippen molar-refractivity contribution in [3.8, 4) is 5.75 Å². The number of ether oxygens (including phenoxy) is 1. The Balaban J connectivity index is 2.08. The summed E-state index contributed by atoms with van der Waals surface area (Å²) < 4.78 is 5.38. The fraction of sp³-hybridized carbons (Fsp3) is 0.500. The first-order valence-corrected chi connectivity index (χ1v) is 7.29. The number of hydrogen-bond donors (Lipinski definition) is 0. The molecule has 5 heteroatoms. The monoisotopic (exact) mass is 290 g/mol. The lowest BCUT2D eigenvalue weighted by molar-refractivity contribution is -0.129. The molecule has 1 heterocycles. The lowest BCUT2D eigenvalue weighted by Crippen LogP contribution is -2.35. The van der Waals surface area contributed by atoms with Gasteiger partial charge in [-0.2, -0.15) is 0 Å². The fourth-order valence-corrected chi connectivity index (χ4v) is 2.26. The highest BCUT2D eigenvalue weighted by Gasteiger charge is 2.22. The van der Waals surface area contributed by atoms with Gasteiger partial charge >= 0.3 is 0 Å². The van der Waals surface area contributed by atoms with Crippen LogP contribution >= 0.6 is 0 Å². The molecule has 0 saturated carbocycles. The van der Waals surface area contributed by atoms with E-state index in [1.54, 1.807) is 16.8 Å². The molecule has 1 aromatic carbocycles. The summed E-state index contributed by atoms with van der Waals surface area (Å²) in [5.41, 5.74) is 1.63. The number of rotatable bonds is 5. The van der Waals surface area contributed by atoms with Crippen LogP contribution in [0.4, 0.5) is 5.69 Å². The molecule has 21 heavy (non-hydrogen) atoms. The van der Waals surface area contributed by atoms with E-state index < -0.39 is 0 Å². The number of benzene rings is 1. The molecule has 0 radical (unpaired) electrons. The molecule has 1 aromatic rings. The molecule has 0 saturated heterocycles. The van der Waals surface area contributed by atoms with Gasteiger partial charge in [-0.1, -0.05) is 19.4 Å². The van der Waals surface area contributed by atoms with Gasteiger partial charge in [0.25, 0.3) is 5.91 Å².